The largest absolute Gasteiger partial charge is 0.465 e. The smallest absolute Gasteiger partial charge is 0.326 e. The fraction of sp³-hybridized carbons (Fsp3) is 0.467. The van der Waals surface area contributed by atoms with Crippen molar-refractivity contribution in [2.75, 3.05) is 6.61 Å². The first-order chi connectivity index (χ1) is 10.1. The number of carbonyl (C=O) groups excluding carboxylic acids is 2. The highest BCUT2D eigenvalue weighted by Gasteiger charge is 2.40. The lowest BCUT2D eigenvalue weighted by Gasteiger charge is -2.20. The van der Waals surface area contributed by atoms with Crippen LogP contribution in [0.2, 0.25) is 0 Å². The van der Waals surface area contributed by atoms with Gasteiger partial charge in [0.05, 0.1) is 13.2 Å². The minimum atomic E-state index is -0.749. The Labute approximate surface area is 123 Å². The van der Waals surface area contributed by atoms with E-state index in [0.717, 1.165) is 5.56 Å². The number of ether oxygens (including phenoxy) is 2. The third-order valence-corrected chi connectivity index (χ3v) is 3.05. The molecule has 21 heavy (non-hydrogen) atoms. The van der Waals surface area contributed by atoms with Gasteiger partial charge in [-0.2, -0.15) is 5.06 Å². The highest BCUT2D eigenvalue weighted by Crippen LogP contribution is 2.25. The number of esters is 2. The molecule has 0 aliphatic carbocycles. The van der Waals surface area contributed by atoms with Gasteiger partial charge >= 0.3 is 11.9 Å². The van der Waals surface area contributed by atoms with E-state index in [9.17, 15) is 9.59 Å². The van der Waals surface area contributed by atoms with Crippen molar-refractivity contribution in [3.05, 3.63) is 35.9 Å². The van der Waals surface area contributed by atoms with Crippen LogP contribution in [-0.2, 0) is 30.4 Å². The standard InChI is InChI=1S/C15H19NO5/c1-3-19-15(18)13-9-14(20-11(2)17)21-16(13)10-12-7-5-4-6-8-12/h4-8,13-14H,3,9-10H2,1-2H3. The van der Waals surface area contributed by atoms with Crippen LogP contribution in [0.25, 0.3) is 0 Å². The predicted octanol–water partition coefficient (Wildman–Crippen LogP) is 1.64. The summed E-state index contributed by atoms with van der Waals surface area (Å²) < 4.78 is 10.1. The Morgan fingerprint density at radius 2 is 2.05 bits per heavy atom. The number of rotatable bonds is 5. The van der Waals surface area contributed by atoms with E-state index in [-0.39, 0.29) is 12.4 Å². The van der Waals surface area contributed by atoms with Crippen molar-refractivity contribution in [2.45, 2.75) is 39.1 Å². The minimum absolute atomic E-state index is 0.269. The molecule has 114 valence electrons. The van der Waals surface area contributed by atoms with E-state index >= 15 is 0 Å². The van der Waals surface area contributed by atoms with Crippen LogP contribution in [0.3, 0.4) is 0 Å². The van der Waals surface area contributed by atoms with Crippen molar-refractivity contribution in [1.82, 2.24) is 5.06 Å². The predicted molar refractivity (Wildman–Crippen MR) is 73.7 cm³/mol. The van der Waals surface area contributed by atoms with Crippen molar-refractivity contribution in [3.63, 3.8) is 0 Å². The molecule has 1 fully saturated rings. The summed E-state index contributed by atoms with van der Waals surface area (Å²) in [6.07, 6.45) is -0.480. The normalized spacial score (nSPS) is 22.0. The molecule has 1 aromatic rings. The molecule has 2 rings (SSSR count). The first-order valence-corrected chi connectivity index (χ1v) is 6.91. The fourth-order valence-electron chi connectivity index (χ4n) is 2.19. The van der Waals surface area contributed by atoms with Crippen molar-refractivity contribution in [3.8, 4) is 0 Å². The van der Waals surface area contributed by atoms with Gasteiger partial charge in [0.1, 0.15) is 6.04 Å². The van der Waals surface area contributed by atoms with Gasteiger partial charge in [-0.25, -0.2) is 0 Å². The van der Waals surface area contributed by atoms with E-state index in [0.29, 0.717) is 13.2 Å². The molecule has 6 nitrogen and oxygen atoms in total. The molecule has 1 aliphatic rings. The highest BCUT2D eigenvalue weighted by atomic mass is 16.8. The van der Waals surface area contributed by atoms with Crippen LogP contribution in [0.5, 0.6) is 0 Å². The summed E-state index contributed by atoms with van der Waals surface area (Å²) in [5.41, 5.74) is 0.996. The average Bonchev–Trinajstić information content (AvgIpc) is 2.82. The van der Waals surface area contributed by atoms with Crippen LogP contribution in [0.4, 0.5) is 0 Å². The van der Waals surface area contributed by atoms with Crippen molar-refractivity contribution >= 4 is 11.9 Å². The molecule has 1 aliphatic heterocycles. The number of hydrogen-bond acceptors (Lipinski definition) is 6. The van der Waals surface area contributed by atoms with Gasteiger partial charge in [0.25, 0.3) is 0 Å². The first-order valence-electron chi connectivity index (χ1n) is 6.91. The lowest BCUT2D eigenvalue weighted by molar-refractivity contribution is -0.240. The van der Waals surface area contributed by atoms with E-state index in [4.69, 9.17) is 14.3 Å². The van der Waals surface area contributed by atoms with Gasteiger partial charge in [0.2, 0.25) is 6.29 Å². The number of hydroxylamine groups is 2. The van der Waals surface area contributed by atoms with E-state index in [1.165, 1.54) is 12.0 Å². The Bertz CT molecular complexity index is 490. The van der Waals surface area contributed by atoms with E-state index in [1.54, 1.807) is 6.92 Å². The lowest BCUT2D eigenvalue weighted by atomic mass is 10.2. The summed E-state index contributed by atoms with van der Waals surface area (Å²) in [5, 5.41) is 1.51. The Morgan fingerprint density at radius 3 is 2.67 bits per heavy atom. The summed E-state index contributed by atoms with van der Waals surface area (Å²) in [6.45, 7) is 3.77. The molecule has 0 amide bonds. The van der Waals surface area contributed by atoms with Gasteiger partial charge in [-0.05, 0) is 12.5 Å². The summed E-state index contributed by atoms with van der Waals surface area (Å²) in [5.74, 6) is -0.813. The Morgan fingerprint density at radius 1 is 1.33 bits per heavy atom. The molecule has 2 unspecified atom stereocenters. The molecule has 0 radical (unpaired) electrons. The van der Waals surface area contributed by atoms with E-state index in [1.807, 2.05) is 30.3 Å². The second-order valence-electron chi connectivity index (χ2n) is 4.71. The Balaban J connectivity index is 2.07. The lowest BCUT2D eigenvalue weighted by Crippen LogP contribution is -2.36. The Hall–Kier alpha value is -1.92. The molecule has 2 atom stereocenters. The van der Waals surface area contributed by atoms with Gasteiger partial charge in [0, 0.05) is 13.3 Å². The van der Waals surface area contributed by atoms with Gasteiger partial charge in [-0.3, -0.25) is 14.4 Å². The minimum Gasteiger partial charge on any atom is -0.465 e. The third-order valence-electron chi connectivity index (χ3n) is 3.05. The Kier molecular flexibility index (Phi) is 5.30. The summed E-state index contributed by atoms with van der Waals surface area (Å²) in [7, 11) is 0. The van der Waals surface area contributed by atoms with Gasteiger partial charge in [-0.1, -0.05) is 30.3 Å². The maximum Gasteiger partial charge on any atom is 0.326 e. The SMILES string of the molecule is CCOC(=O)C1CC(OC(C)=O)ON1Cc1ccccc1. The molecule has 6 heteroatoms. The first kappa shape index (κ1) is 15.5. The molecule has 0 aromatic heterocycles. The second kappa shape index (κ2) is 7.19. The van der Waals surface area contributed by atoms with Crippen molar-refractivity contribution in [2.24, 2.45) is 0 Å². The van der Waals surface area contributed by atoms with E-state index < -0.39 is 18.3 Å². The van der Waals surface area contributed by atoms with Crippen molar-refractivity contribution < 1.29 is 23.9 Å². The molecular formula is C15H19NO5. The molecular weight excluding hydrogens is 274 g/mol. The number of carbonyl (C=O) groups is 2. The fourth-order valence-corrected chi connectivity index (χ4v) is 2.19. The quantitative estimate of drug-likeness (QED) is 0.769. The summed E-state index contributed by atoms with van der Waals surface area (Å²) in [4.78, 5) is 28.6. The topological polar surface area (TPSA) is 65.1 Å². The van der Waals surface area contributed by atoms with Crippen LogP contribution in [0.15, 0.2) is 30.3 Å². The number of nitrogens with zero attached hydrogens (tertiary/aromatic N) is 1. The molecule has 0 bridgehead atoms. The van der Waals surface area contributed by atoms with Crippen LogP contribution < -0.4 is 0 Å². The number of benzene rings is 1. The molecule has 0 spiro atoms. The van der Waals surface area contributed by atoms with Crippen molar-refractivity contribution in [1.29, 1.82) is 0 Å². The summed E-state index contributed by atoms with van der Waals surface area (Å²) >= 11 is 0. The molecule has 0 N–H and O–H groups in total. The molecule has 0 saturated carbocycles. The van der Waals surface area contributed by atoms with Crippen LogP contribution in [0, 0.1) is 0 Å². The molecule has 1 saturated heterocycles. The zero-order valence-electron chi connectivity index (χ0n) is 12.2. The van der Waals surface area contributed by atoms with E-state index in [2.05, 4.69) is 0 Å². The zero-order chi connectivity index (χ0) is 15.2. The van der Waals surface area contributed by atoms with Crippen LogP contribution >= 0.6 is 0 Å². The monoisotopic (exact) mass is 293 g/mol. The molecule has 1 aromatic carbocycles. The third kappa shape index (κ3) is 4.27. The summed E-state index contributed by atoms with van der Waals surface area (Å²) in [6, 6.07) is 9.03. The van der Waals surface area contributed by atoms with Gasteiger partial charge < -0.3 is 9.47 Å². The second-order valence-corrected chi connectivity index (χ2v) is 4.71. The van der Waals surface area contributed by atoms with Crippen LogP contribution in [-0.4, -0.2) is 35.9 Å². The average molecular weight is 293 g/mol. The van der Waals surface area contributed by atoms with Gasteiger partial charge in [0.15, 0.2) is 0 Å². The zero-order valence-corrected chi connectivity index (χ0v) is 12.2. The maximum atomic E-state index is 12.0. The van der Waals surface area contributed by atoms with Crippen LogP contribution in [0.1, 0.15) is 25.8 Å². The number of hydrogen-bond donors (Lipinski definition) is 0. The molecule has 1 heterocycles. The maximum absolute atomic E-state index is 12.0. The highest BCUT2D eigenvalue weighted by molar-refractivity contribution is 5.76. The van der Waals surface area contributed by atoms with Gasteiger partial charge in [-0.15, -0.1) is 0 Å².